The van der Waals surface area contributed by atoms with Crippen LogP contribution in [0.4, 0.5) is 22.7 Å². The van der Waals surface area contributed by atoms with Crippen molar-refractivity contribution >= 4 is 44.7 Å². The van der Waals surface area contributed by atoms with Gasteiger partial charge < -0.3 is 10.6 Å². The normalized spacial score (nSPS) is 16.0. The van der Waals surface area contributed by atoms with Crippen LogP contribution < -0.4 is 20.7 Å². The second kappa shape index (κ2) is 12.5. The Labute approximate surface area is 272 Å². The molecule has 1 atom stereocenters. The predicted molar refractivity (Wildman–Crippen MR) is 199 cm³/mol. The van der Waals surface area contributed by atoms with Crippen molar-refractivity contribution < 1.29 is 0 Å². The molecule has 0 saturated carbocycles. The molecular weight excluding hydrogens is 560 g/mol. The minimum absolute atomic E-state index is 0.0325. The molecule has 0 saturated heterocycles. The van der Waals surface area contributed by atoms with E-state index < -0.39 is 0 Å². The Morgan fingerprint density at radius 1 is 0.891 bits per heavy atom. The molecule has 0 radical (unpaired) electrons. The van der Waals surface area contributed by atoms with Crippen molar-refractivity contribution in [2.45, 2.75) is 19.4 Å². The number of hydrazine groups is 1. The zero-order chi connectivity index (χ0) is 31.6. The van der Waals surface area contributed by atoms with E-state index in [0.717, 1.165) is 53.3 Å². The van der Waals surface area contributed by atoms with Gasteiger partial charge in [-0.3, -0.25) is 10.0 Å². The van der Waals surface area contributed by atoms with Crippen LogP contribution in [-0.2, 0) is 6.42 Å². The van der Waals surface area contributed by atoms with Crippen LogP contribution >= 0.6 is 0 Å². The van der Waals surface area contributed by atoms with Gasteiger partial charge in [0.25, 0.3) is 0 Å². The third kappa shape index (κ3) is 5.16. The monoisotopic (exact) mass is 600 g/mol. The summed E-state index contributed by atoms with van der Waals surface area (Å²) in [6.07, 6.45) is 9.05. The van der Waals surface area contributed by atoms with E-state index in [9.17, 15) is 0 Å². The zero-order valence-electron chi connectivity index (χ0n) is 26.6. The zero-order valence-corrected chi connectivity index (χ0v) is 26.6. The summed E-state index contributed by atoms with van der Waals surface area (Å²) in [5, 5.41) is 14.7. The predicted octanol–water partition coefficient (Wildman–Crippen LogP) is 10.0. The van der Waals surface area contributed by atoms with Gasteiger partial charge in [0.2, 0.25) is 0 Å². The highest BCUT2D eigenvalue weighted by molar-refractivity contribution is 6.03. The third-order valence-electron chi connectivity index (χ3n) is 9.26. The molecule has 0 amide bonds. The van der Waals surface area contributed by atoms with Crippen molar-refractivity contribution in [3.05, 3.63) is 168 Å². The maximum Gasteiger partial charge on any atom is 0.0929 e. The number of nitrogens with zero attached hydrogens (tertiary/aromatic N) is 2. The standard InChI is InChI=1S/C42H40N4/c1-5-6-7-14-29(2)34-23-21-33(27-38(34)43-4)41-28-44-37-19-12-13-20-39(37)46(41)45-26-25-32-16-8-10-17-35(32)30(3)42-36-18-11-9-15-31(36)22-24-40(42)45/h5-24,27,41,43-44H,2-3,25-26,28H2,1,4H3/b6-5-,14-7-. The average Bonchev–Trinajstić information content (AvgIpc) is 3.10. The van der Waals surface area contributed by atoms with E-state index in [1.807, 2.05) is 32.2 Å². The Morgan fingerprint density at radius 3 is 2.57 bits per heavy atom. The molecule has 2 aliphatic rings. The molecule has 46 heavy (non-hydrogen) atoms. The van der Waals surface area contributed by atoms with E-state index in [1.54, 1.807) is 0 Å². The highest BCUT2D eigenvalue weighted by atomic mass is 15.6. The Hall–Kier alpha value is -5.48. The molecule has 0 aliphatic carbocycles. The van der Waals surface area contributed by atoms with Gasteiger partial charge in [0.1, 0.15) is 0 Å². The molecule has 1 unspecified atom stereocenters. The van der Waals surface area contributed by atoms with Crippen LogP contribution in [0.25, 0.3) is 21.9 Å². The fourth-order valence-electron chi connectivity index (χ4n) is 7.00. The van der Waals surface area contributed by atoms with Crippen LogP contribution in [0.1, 0.15) is 40.8 Å². The van der Waals surface area contributed by atoms with Crippen LogP contribution in [0.15, 0.2) is 141 Å². The first-order valence-corrected chi connectivity index (χ1v) is 16.1. The van der Waals surface area contributed by atoms with E-state index in [0.29, 0.717) is 0 Å². The van der Waals surface area contributed by atoms with Gasteiger partial charge in [-0.2, -0.15) is 0 Å². The maximum absolute atomic E-state index is 4.74. The fourth-order valence-corrected chi connectivity index (χ4v) is 7.00. The lowest BCUT2D eigenvalue weighted by molar-refractivity contribution is 0.589. The van der Waals surface area contributed by atoms with Crippen LogP contribution in [0.2, 0.25) is 0 Å². The quantitative estimate of drug-likeness (QED) is 0.190. The minimum atomic E-state index is 0.0325. The third-order valence-corrected chi connectivity index (χ3v) is 9.26. The van der Waals surface area contributed by atoms with Crippen LogP contribution in [0.5, 0.6) is 0 Å². The van der Waals surface area contributed by atoms with Gasteiger partial charge in [-0.05, 0) is 76.2 Å². The van der Waals surface area contributed by atoms with Crippen molar-refractivity contribution in [3.8, 4) is 0 Å². The second-order valence-electron chi connectivity index (χ2n) is 11.9. The van der Waals surface area contributed by atoms with E-state index in [-0.39, 0.29) is 6.04 Å². The lowest BCUT2D eigenvalue weighted by Crippen LogP contribution is -2.51. The summed E-state index contributed by atoms with van der Waals surface area (Å²) in [7, 11) is 1.99. The summed E-state index contributed by atoms with van der Waals surface area (Å²) < 4.78 is 0. The van der Waals surface area contributed by atoms with Crippen molar-refractivity contribution in [1.82, 2.24) is 0 Å². The van der Waals surface area contributed by atoms with Crippen molar-refractivity contribution in [3.63, 3.8) is 0 Å². The van der Waals surface area contributed by atoms with Gasteiger partial charge in [0.05, 0.1) is 23.1 Å². The smallest absolute Gasteiger partial charge is 0.0929 e. The number of anilines is 4. The van der Waals surface area contributed by atoms with Gasteiger partial charge in [0, 0.05) is 37.0 Å². The molecule has 4 nitrogen and oxygen atoms in total. The molecule has 0 aromatic heterocycles. The van der Waals surface area contributed by atoms with Gasteiger partial charge in [-0.1, -0.05) is 116 Å². The molecule has 0 spiro atoms. The summed E-state index contributed by atoms with van der Waals surface area (Å²) in [5.41, 5.74) is 12.6. The first-order chi connectivity index (χ1) is 22.6. The molecule has 5 aromatic rings. The molecule has 5 aromatic carbocycles. The number of nitrogens with one attached hydrogen (secondary N) is 2. The Bertz CT molecular complexity index is 2020. The van der Waals surface area contributed by atoms with E-state index >= 15 is 0 Å². The van der Waals surface area contributed by atoms with E-state index in [4.69, 9.17) is 6.58 Å². The van der Waals surface area contributed by atoms with Gasteiger partial charge in [0.15, 0.2) is 0 Å². The molecule has 7 rings (SSSR count). The molecule has 2 heterocycles. The van der Waals surface area contributed by atoms with Crippen LogP contribution in [-0.4, -0.2) is 20.1 Å². The minimum Gasteiger partial charge on any atom is -0.388 e. The molecular formula is C42H40N4. The second-order valence-corrected chi connectivity index (χ2v) is 11.9. The molecule has 2 N–H and O–H groups in total. The molecule has 4 heteroatoms. The summed E-state index contributed by atoms with van der Waals surface area (Å²) in [6, 6.07) is 37.4. The number of fused-ring (bicyclic) bond motifs is 5. The Morgan fingerprint density at radius 2 is 1.70 bits per heavy atom. The van der Waals surface area contributed by atoms with Crippen molar-refractivity contribution in [1.29, 1.82) is 0 Å². The Kier molecular flexibility index (Phi) is 7.94. The lowest BCUT2D eigenvalue weighted by atomic mass is 9.87. The number of hydrogen-bond acceptors (Lipinski definition) is 4. The van der Waals surface area contributed by atoms with E-state index in [2.05, 4.69) is 136 Å². The first kappa shape index (κ1) is 29.2. The number of para-hydroxylation sites is 2. The van der Waals surface area contributed by atoms with E-state index in [1.165, 1.54) is 38.7 Å². The van der Waals surface area contributed by atoms with Gasteiger partial charge >= 0.3 is 0 Å². The van der Waals surface area contributed by atoms with Crippen LogP contribution in [0, 0.1) is 0 Å². The van der Waals surface area contributed by atoms with Gasteiger partial charge in [-0.25, -0.2) is 0 Å². The summed E-state index contributed by atoms with van der Waals surface area (Å²) in [4.78, 5) is 0. The molecule has 0 bridgehead atoms. The molecule has 0 fully saturated rings. The lowest BCUT2D eigenvalue weighted by Gasteiger charge is -2.48. The SMILES string of the molecule is C=C(/C=C\C=C/C)c1ccc(C2CNc3ccccc3N2N2CCc3ccccc3C(=C)c3c2ccc2ccccc32)cc1NC. The number of benzene rings is 5. The topological polar surface area (TPSA) is 30.5 Å². The summed E-state index contributed by atoms with van der Waals surface area (Å²) in [5.74, 6) is 0. The number of hydrogen-bond donors (Lipinski definition) is 2. The average molecular weight is 601 g/mol. The summed E-state index contributed by atoms with van der Waals surface area (Å²) >= 11 is 0. The Balaban J connectivity index is 1.41. The van der Waals surface area contributed by atoms with Crippen molar-refractivity contribution in [2.24, 2.45) is 0 Å². The van der Waals surface area contributed by atoms with Crippen LogP contribution in [0.3, 0.4) is 0 Å². The van der Waals surface area contributed by atoms with Gasteiger partial charge in [-0.15, -0.1) is 0 Å². The highest BCUT2D eigenvalue weighted by Gasteiger charge is 2.35. The molecule has 2 aliphatic heterocycles. The number of allylic oxidation sites excluding steroid dienone is 5. The first-order valence-electron chi connectivity index (χ1n) is 16.1. The molecule has 228 valence electrons. The largest absolute Gasteiger partial charge is 0.388 e. The fraction of sp³-hybridized carbons (Fsp3) is 0.143. The van der Waals surface area contributed by atoms with Crippen molar-refractivity contribution in [2.75, 3.05) is 40.8 Å². The number of rotatable bonds is 6. The highest BCUT2D eigenvalue weighted by Crippen LogP contribution is 2.46. The maximum atomic E-state index is 4.74. The summed E-state index contributed by atoms with van der Waals surface area (Å²) in [6.45, 7) is 12.7.